The minimum absolute atomic E-state index is 0.0382. The molecule has 1 amide bonds. The third-order valence-corrected chi connectivity index (χ3v) is 8.75. The van der Waals surface area contributed by atoms with E-state index in [1.807, 2.05) is 0 Å². The molecule has 4 saturated carbocycles. The number of aryl methyl sites for hydroxylation is 1. The van der Waals surface area contributed by atoms with Crippen LogP contribution in [0.15, 0.2) is 33.9 Å². The molecule has 0 radical (unpaired) electrons. The van der Waals surface area contributed by atoms with E-state index in [4.69, 9.17) is 4.42 Å². The summed E-state index contributed by atoms with van der Waals surface area (Å²) in [6.45, 7) is 0. The number of fused-ring (bicyclic) bond motifs is 1. The van der Waals surface area contributed by atoms with Gasteiger partial charge in [-0.1, -0.05) is 36.0 Å². The Morgan fingerprint density at radius 2 is 1.83 bits per heavy atom. The molecule has 158 valence electrons. The third kappa shape index (κ3) is 3.37. The number of hydrogen-bond acceptors (Lipinski definition) is 5. The minimum atomic E-state index is 0.0382. The van der Waals surface area contributed by atoms with Crippen molar-refractivity contribution in [2.45, 2.75) is 74.5 Å². The summed E-state index contributed by atoms with van der Waals surface area (Å²) in [7, 11) is 0. The molecule has 0 saturated heterocycles. The Balaban J connectivity index is 1.09. The summed E-state index contributed by atoms with van der Waals surface area (Å²) in [6, 6.07) is 8.57. The van der Waals surface area contributed by atoms with E-state index in [0.717, 1.165) is 42.9 Å². The van der Waals surface area contributed by atoms with Crippen LogP contribution in [0, 0.1) is 17.8 Å². The van der Waals surface area contributed by atoms with Gasteiger partial charge in [0.2, 0.25) is 11.8 Å². The zero-order valence-corrected chi connectivity index (χ0v) is 18.1. The number of carbonyl (C=O) groups excluding carboxylic acids is 1. The van der Waals surface area contributed by atoms with E-state index >= 15 is 0 Å². The van der Waals surface area contributed by atoms with Crippen molar-refractivity contribution in [2.75, 3.05) is 5.75 Å². The molecule has 5 aliphatic carbocycles. The molecule has 30 heavy (non-hydrogen) atoms. The van der Waals surface area contributed by atoms with Gasteiger partial charge in [-0.2, -0.15) is 0 Å². The van der Waals surface area contributed by atoms with Crippen molar-refractivity contribution in [3.05, 3.63) is 41.3 Å². The van der Waals surface area contributed by atoms with Crippen molar-refractivity contribution < 1.29 is 9.21 Å². The number of carbonyl (C=O) groups is 1. The first-order valence-corrected chi connectivity index (χ1v) is 12.5. The molecule has 5 nitrogen and oxygen atoms in total. The van der Waals surface area contributed by atoms with Crippen molar-refractivity contribution >= 4 is 17.7 Å². The van der Waals surface area contributed by atoms with E-state index in [0.29, 0.717) is 11.0 Å². The van der Waals surface area contributed by atoms with Gasteiger partial charge in [0.05, 0.1) is 11.8 Å². The fourth-order valence-corrected chi connectivity index (χ4v) is 7.70. The number of rotatable bonds is 5. The van der Waals surface area contributed by atoms with Crippen molar-refractivity contribution in [1.82, 2.24) is 15.5 Å². The Bertz CT molecular complexity index is 920. The molecule has 0 aliphatic heterocycles. The Labute approximate surface area is 181 Å². The summed E-state index contributed by atoms with van der Waals surface area (Å²) >= 11 is 1.37. The van der Waals surface area contributed by atoms with Gasteiger partial charge in [-0.05, 0) is 86.7 Å². The van der Waals surface area contributed by atoms with Gasteiger partial charge < -0.3 is 9.73 Å². The SMILES string of the molecule is O=C(CSc1nnc(C23CC4CC(CC(C4)C2)C3)o1)N[C@@H]1CCCc2ccccc21. The second kappa shape index (κ2) is 7.40. The summed E-state index contributed by atoms with van der Waals surface area (Å²) in [5.74, 6) is 3.75. The monoisotopic (exact) mass is 423 g/mol. The highest BCUT2D eigenvalue weighted by atomic mass is 32.2. The number of nitrogens with one attached hydrogen (secondary N) is 1. The maximum absolute atomic E-state index is 12.6. The van der Waals surface area contributed by atoms with Crippen LogP contribution in [-0.2, 0) is 16.6 Å². The molecule has 4 bridgehead atoms. The standard InChI is InChI=1S/C24H29N3O2S/c28-21(25-20-7-3-5-18-4-1-2-6-19(18)20)14-30-23-27-26-22(29-23)24-11-15-8-16(12-24)10-17(9-15)13-24/h1-2,4,6,15-17,20H,3,5,7-14H2,(H,25,28)/t15?,16?,17?,20-,24?/m1/s1. The molecular formula is C24H29N3O2S. The first-order valence-electron chi connectivity index (χ1n) is 11.5. The lowest BCUT2D eigenvalue weighted by atomic mass is 9.49. The molecule has 1 atom stereocenters. The Kier molecular flexibility index (Phi) is 4.66. The Hall–Kier alpha value is -1.82. The highest BCUT2D eigenvalue weighted by molar-refractivity contribution is 7.99. The van der Waals surface area contributed by atoms with E-state index in [1.54, 1.807) is 0 Å². The predicted molar refractivity (Wildman–Crippen MR) is 115 cm³/mol. The molecule has 4 fully saturated rings. The van der Waals surface area contributed by atoms with E-state index in [1.165, 1.54) is 61.4 Å². The van der Waals surface area contributed by atoms with Crippen molar-refractivity contribution in [3.63, 3.8) is 0 Å². The number of benzene rings is 1. The quantitative estimate of drug-likeness (QED) is 0.698. The summed E-state index contributed by atoms with van der Waals surface area (Å²) in [5.41, 5.74) is 2.75. The van der Waals surface area contributed by atoms with Gasteiger partial charge in [0.15, 0.2) is 0 Å². The predicted octanol–water partition coefficient (Wildman–Crippen LogP) is 4.82. The summed E-state index contributed by atoms with van der Waals surface area (Å²) in [4.78, 5) is 12.6. The molecule has 7 rings (SSSR count). The van der Waals surface area contributed by atoms with Crippen LogP contribution >= 0.6 is 11.8 Å². The number of hydrogen-bond donors (Lipinski definition) is 1. The fourth-order valence-electron chi connectivity index (χ4n) is 7.12. The first kappa shape index (κ1) is 18.9. The van der Waals surface area contributed by atoms with Crippen molar-refractivity contribution in [1.29, 1.82) is 0 Å². The lowest BCUT2D eigenvalue weighted by molar-refractivity contribution is -0.119. The van der Waals surface area contributed by atoms with Crippen LogP contribution in [-0.4, -0.2) is 21.9 Å². The average Bonchev–Trinajstić information content (AvgIpc) is 3.22. The van der Waals surface area contributed by atoms with Gasteiger partial charge in [0.1, 0.15) is 0 Å². The highest BCUT2D eigenvalue weighted by Crippen LogP contribution is 2.60. The minimum Gasteiger partial charge on any atom is -0.415 e. The summed E-state index contributed by atoms with van der Waals surface area (Å²) in [6.07, 6.45) is 11.1. The smallest absolute Gasteiger partial charge is 0.277 e. The largest absolute Gasteiger partial charge is 0.415 e. The first-order chi connectivity index (χ1) is 14.7. The third-order valence-electron chi connectivity index (χ3n) is 7.93. The summed E-state index contributed by atoms with van der Waals surface area (Å²) in [5, 5.41) is 12.5. The lowest BCUT2D eigenvalue weighted by Gasteiger charge is -2.55. The van der Waals surface area contributed by atoms with Gasteiger partial charge in [0.25, 0.3) is 5.22 Å². The van der Waals surface area contributed by atoms with Gasteiger partial charge >= 0.3 is 0 Å². The molecule has 1 N–H and O–H groups in total. The second-order valence-corrected chi connectivity index (χ2v) is 11.0. The number of nitrogens with zero attached hydrogens (tertiary/aromatic N) is 2. The highest BCUT2D eigenvalue weighted by Gasteiger charge is 2.54. The number of thioether (sulfide) groups is 1. The van der Waals surface area contributed by atoms with Crippen LogP contribution in [0.5, 0.6) is 0 Å². The molecule has 5 aliphatic rings. The van der Waals surface area contributed by atoms with Crippen LogP contribution < -0.4 is 5.32 Å². The van der Waals surface area contributed by atoms with Crippen LogP contribution in [0.1, 0.15) is 74.4 Å². The van der Waals surface area contributed by atoms with Gasteiger partial charge in [0, 0.05) is 5.41 Å². The molecule has 1 heterocycles. The normalized spacial score (nSPS) is 34.0. The van der Waals surface area contributed by atoms with Crippen molar-refractivity contribution in [2.24, 2.45) is 17.8 Å². The van der Waals surface area contributed by atoms with Crippen LogP contribution in [0.25, 0.3) is 0 Å². The van der Waals surface area contributed by atoms with Crippen LogP contribution in [0.2, 0.25) is 0 Å². The van der Waals surface area contributed by atoms with Crippen LogP contribution in [0.3, 0.4) is 0 Å². The Morgan fingerprint density at radius 3 is 2.60 bits per heavy atom. The summed E-state index contributed by atoms with van der Waals surface area (Å²) < 4.78 is 6.13. The molecular weight excluding hydrogens is 394 g/mol. The van der Waals surface area contributed by atoms with E-state index < -0.39 is 0 Å². The number of amides is 1. The average molecular weight is 424 g/mol. The zero-order chi connectivity index (χ0) is 20.1. The maximum Gasteiger partial charge on any atom is 0.277 e. The maximum atomic E-state index is 12.6. The van der Waals surface area contributed by atoms with Crippen LogP contribution in [0.4, 0.5) is 0 Å². The van der Waals surface area contributed by atoms with E-state index in [9.17, 15) is 4.79 Å². The topological polar surface area (TPSA) is 68.0 Å². The molecule has 6 heteroatoms. The van der Waals surface area contributed by atoms with E-state index in [-0.39, 0.29) is 17.4 Å². The molecule has 0 spiro atoms. The Morgan fingerprint density at radius 1 is 1.10 bits per heavy atom. The van der Waals surface area contributed by atoms with Gasteiger partial charge in [-0.15, -0.1) is 10.2 Å². The number of aromatic nitrogens is 2. The van der Waals surface area contributed by atoms with Gasteiger partial charge in [-0.3, -0.25) is 4.79 Å². The van der Waals surface area contributed by atoms with Crippen molar-refractivity contribution in [3.8, 4) is 0 Å². The van der Waals surface area contributed by atoms with E-state index in [2.05, 4.69) is 39.8 Å². The van der Waals surface area contributed by atoms with Gasteiger partial charge in [-0.25, -0.2) is 0 Å². The fraction of sp³-hybridized carbons (Fsp3) is 0.625. The zero-order valence-electron chi connectivity index (χ0n) is 17.3. The molecule has 0 unspecified atom stereocenters. The second-order valence-electron chi connectivity index (χ2n) is 10.1. The molecule has 2 aromatic rings. The molecule has 1 aromatic carbocycles. The lowest BCUT2D eigenvalue weighted by Crippen LogP contribution is -2.48. The molecule has 1 aromatic heterocycles.